The van der Waals surface area contributed by atoms with E-state index in [9.17, 15) is 14.7 Å². The number of amides is 1. The predicted octanol–water partition coefficient (Wildman–Crippen LogP) is 6.84. The number of methoxy groups -OCH3 is 1. The molecule has 1 amide bonds. The highest BCUT2D eigenvalue weighted by atomic mass is 32.1. The summed E-state index contributed by atoms with van der Waals surface area (Å²) in [6, 6.07) is 19.3. The second-order valence-corrected chi connectivity index (χ2v) is 10.7. The maximum Gasteiger partial charge on any atom is 0.301 e. The van der Waals surface area contributed by atoms with Gasteiger partial charge in [0.05, 0.1) is 35.5 Å². The van der Waals surface area contributed by atoms with E-state index in [0.29, 0.717) is 45.8 Å². The van der Waals surface area contributed by atoms with Crippen LogP contribution in [0.1, 0.15) is 55.8 Å². The number of aliphatic hydroxyl groups is 1. The maximum absolute atomic E-state index is 13.6. The molecule has 1 aromatic heterocycles. The van der Waals surface area contributed by atoms with E-state index in [4.69, 9.17) is 9.47 Å². The number of aromatic nitrogens is 1. The zero-order chi connectivity index (χ0) is 27.7. The lowest BCUT2D eigenvalue weighted by Gasteiger charge is -2.23. The highest BCUT2D eigenvalue weighted by molar-refractivity contribution is 7.22. The van der Waals surface area contributed by atoms with Gasteiger partial charge in [-0.1, -0.05) is 68.5 Å². The molecule has 0 saturated carbocycles. The van der Waals surface area contributed by atoms with Crippen LogP contribution < -0.4 is 14.4 Å². The van der Waals surface area contributed by atoms with Gasteiger partial charge in [0.1, 0.15) is 17.3 Å². The summed E-state index contributed by atoms with van der Waals surface area (Å²) < 4.78 is 11.9. The minimum atomic E-state index is -0.853. The topological polar surface area (TPSA) is 89.0 Å². The van der Waals surface area contributed by atoms with E-state index in [2.05, 4.69) is 18.8 Å². The number of thiazole rings is 1. The van der Waals surface area contributed by atoms with E-state index in [1.807, 2.05) is 43.3 Å². The van der Waals surface area contributed by atoms with Crippen LogP contribution in [0.4, 0.5) is 5.13 Å². The van der Waals surface area contributed by atoms with Crippen LogP contribution >= 0.6 is 11.3 Å². The molecule has 200 valence electrons. The molecule has 1 aliphatic rings. The summed E-state index contributed by atoms with van der Waals surface area (Å²) in [4.78, 5) is 33.2. The summed E-state index contributed by atoms with van der Waals surface area (Å²) in [5.74, 6) is -0.186. The Kier molecular flexibility index (Phi) is 7.39. The first-order valence-electron chi connectivity index (χ1n) is 12.9. The molecule has 0 aliphatic carbocycles. The molecule has 0 spiro atoms. The number of carbonyl (C=O) groups excluding carboxylic acids is 2. The van der Waals surface area contributed by atoms with Gasteiger partial charge in [-0.15, -0.1) is 0 Å². The number of rotatable bonds is 8. The molecule has 1 saturated heterocycles. The SMILES string of the molecule is CCCOc1cccc(C(O)=C2C(=O)C(=O)N(c3nc4ccc(OC)cc4s3)C2c2ccc(C(C)C)cc2)c1. The Labute approximate surface area is 231 Å². The molecule has 1 fully saturated rings. The predicted molar refractivity (Wildman–Crippen MR) is 154 cm³/mol. The van der Waals surface area contributed by atoms with E-state index in [1.165, 1.54) is 16.2 Å². The fourth-order valence-corrected chi connectivity index (χ4v) is 5.66. The average Bonchev–Trinajstić information content (AvgIpc) is 3.49. The summed E-state index contributed by atoms with van der Waals surface area (Å²) in [7, 11) is 1.59. The summed E-state index contributed by atoms with van der Waals surface area (Å²) in [6.45, 7) is 6.74. The molecule has 4 aromatic rings. The molecule has 3 aromatic carbocycles. The summed E-state index contributed by atoms with van der Waals surface area (Å²) >= 11 is 1.29. The van der Waals surface area contributed by atoms with Gasteiger partial charge in [-0.3, -0.25) is 14.5 Å². The van der Waals surface area contributed by atoms with Gasteiger partial charge in [0.15, 0.2) is 5.13 Å². The summed E-state index contributed by atoms with van der Waals surface area (Å²) in [6.07, 6.45) is 0.835. The zero-order valence-electron chi connectivity index (χ0n) is 22.3. The van der Waals surface area contributed by atoms with Crippen LogP contribution in [0.2, 0.25) is 0 Å². The third-order valence-electron chi connectivity index (χ3n) is 6.73. The molecule has 0 bridgehead atoms. The lowest BCUT2D eigenvalue weighted by Crippen LogP contribution is -2.29. The lowest BCUT2D eigenvalue weighted by molar-refractivity contribution is -0.132. The van der Waals surface area contributed by atoms with Gasteiger partial charge in [0.25, 0.3) is 5.78 Å². The first-order chi connectivity index (χ1) is 18.8. The van der Waals surface area contributed by atoms with Gasteiger partial charge >= 0.3 is 5.91 Å². The Morgan fingerprint density at radius 2 is 1.82 bits per heavy atom. The molecule has 1 aliphatic heterocycles. The van der Waals surface area contributed by atoms with Crippen molar-refractivity contribution in [2.24, 2.45) is 0 Å². The number of ether oxygens (including phenoxy) is 2. The highest BCUT2D eigenvalue weighted by Crippen LogP contribution is 2.45. The number of anilines is 1. The van der Waals surface area contributed by atoms with Gasteiger partial charge in [0, 0.05) is 5.56 Å². The van der Waals surface area contributed by atoms with Crippen LogP contribution in [0, 0.1) is 0 Å². The molecule has 1 unspecified atom stereocenters. The number of hydrogen-bond acceptors (Lipinski definition) is 7. The van der Waals surface area contributed by atoms with Crippen molar-refractivity contribution in [3.8, 4) is 11.5 Å². The zero-order valence-corrected chi connectivity index (χ0v) is 23.1. The monoisotopic (exact) mass is 542 g/mol. The number of Topliss-reactive ketones (excluding diaryl/α,β-unsaturated/α-hetero) is 1. The Morgan fingerprint density at radius 3 is 2.51 bits per heavy atom. The van der Waals surface area contributed by atoms with Crippen molar-refractivity contribution < 1.29 is 24.2 Å². The van der Waals surface area contributed by atoms with Crippen LogP contribution in [0.25, 0.3) is 16.0 Å². The summed E-state index contributed by atoms with van der Waals surface area (Å²) in [5.41, 5.74) is 2.94. The van der Waals surface area contributed by atoms with Crippen LogP contribution in [0.15, 0.2) is 72.3 Å². The van der Waals surface area contributed by atoms with Crippen molar-refractivity contribution in [3.63, 3.8) is 0 Å². The normalized spacial score (nSPS) is 16.8. The highest BCUT2D eigenvalue weighted by Gasteiger charge is 2.48. The van der Waals surface area contributed by atoms with Gasteiger partial charge in [-0.25, -0.2) is 4.98 Å². The minimum absolute atomic E-state index is 0.0155. The number of nitrogens with zero attached hydrogens (tertiary/aromatic N) is 2. The first kappa shape index (κ1) is 26.4. The average molecular weight is 543 g/mol. The van der Waals surface area contributed by atoms with Crippen LogP contribution in [-0.2, 0) is 9.59 Å². The number of aliphatic hydroxyl groups excluding tert-OH is 1. The Morgan fingerprint density at radius 1 is 1.05 bits per heavy atom. The molecule has 8 heteroatoms. The summed E-state index contributed by atoms with van der Waals surface area (Å²) in [5, 5.41) is 11.9. The van der Waals surface area contributed by atoms with Crippen LogP contribution in [0.5, 0.6) is 11.5 Å². The van der Waals surface area contributed by atoms with E-state index < -0.39 is 17.7 Å². The van der Waals surface area contributed by atoms with Gasteiger partial charge < -0.3 is 14.6 Å². The Hall–Kier alpha value is -4.17. The maximum atomic E-state index is 13.6. The van der Waals surface area contributed by atoms with Crippen LogP contribution in [-0.4, -0.2) is 35.5 Å². The van der Waals surface area contributed by atoms with Gasteiger partial charge in [-0.2, -0.15) is 0 Å². The van der Waals surface area contributed by atoms with Crippen LogP contribution in [0.3, 0.4) is 0 Å². The molecular formula is C31H30N2O5S. The fraction of sp³-hybridized carbons (Fsp3) is 0.258. The van der Waals surface area contributed by atoms with E-state index in [-0.39, 0.29) is 11.3 Å². The minimum Gasteiger partial charge on any atom is -0.507 e. The van der Waals surface area contributed by atoms with Crippen molar-refractivity contribution in [3.05, 3.63) is 89.0 Å². The van der Waals surface area contributed by atoms with E-state index >= 15 is 0 Å². The molecule has 39 heavy (non-hydrogen) atoms. The van der Waals surface area contributed by atoms with Gasteiger partial charge in [0.2, 0.25) is 0 Å². The molecule has 2 heterocycles. The van der Waals surface area contributed by atoms with Gasteiger partial charge in [-0.05, 0) is 53.8 Å². The third kappa shape index (κ3) is 5.00. The second-order valence-electron chi connectivity index (χ2n) is 9.70. The fourth-order valence-electron chi connectivity index (χ4n) is 4.64. The largest absolute Gasteiger partial charge is 0.507 e. The standard InChI is InChI=1S/C31H30N2O5S/c1-5-15-38-23-8-6-7-21(16-23)28(34)26-27(20-11-9-19(10-12-20)18(2)3)33(30(36)29(26)35)31-32-24-14-13-22(37-4)17-25(24)39-31/h6-14,16-18,27,34H,5,15H2,1-4H3. The van der Waals surface area contributed by atoms with Crippen molar-refractivity contribution in [1.82, 2.24) is 4.98 Å². The lowest BCUT2D eigenvalue weighted by atomic mass is 9.93. The van der Waals surface area contributed by atoms with Crippen molar-refractivity contribution in [1.29, 1.82) is 0 Å². The number of hydrogen-bond donors (Lipinski definition) is 1. The van der Waals surface area contributed by atoms with Crippen molar-refractivity contribution in [2.45, 2.75) is 39.2 Å². The third-order valence-corrected chi connectivity index (χ3v) is 7.75. The molecule has 1 N–H and O–H groups in total. The quantitative estimate of drug-likeness (QED) is 0.149. The Balaban J connectivity index is 1.67. The molecule has 5 rings (SSSR count). The molecular weight excluding hydrogens is 512 g/mol. The van der Waals surface area contributed by atoms with E-state index in [0.717, 1.165) is 16.7 Å². The molecule has 1 atom stereocenters. The number of ketones is 1. The van der Waals surface area contributed by atoms with Crippen molar-refractivity contribution >= 4 is 44.1 Å². The smallest absolute Gasteiger partial charge is 0.301 e. The number of fused-ring (bicyclic) bond motifs is 1. The first-order valence-corrected chi connectivity index (χ1v) is 13.7. The molecule has 7 nitrogen and oxygen atoms in total. The van der Waals surface area contributed by atoms with E-state index in [1.54, 1.807) is 37.4 Å². The van der Waals surface area contributed by atoms with Crippen molar-refractivity contribution in [2.75, 3.05) is 18.6 Å². The molecule has 0 radical (unpaired) electrons. The number of carbonyl (C=O) groups is 2. The second kappa shape index (κ2) is 10.9. The Bertz CT molecular complexity index is 1570. The number of benzene rings is 3.